The van der Waals surface area contributed by atoms with Crippen molar-refractivity contribution in [3.05, 3.63) is 15.8 Å². The third-order valence-corrected chi connectivity index (χ3v) is 4.76. The van der Waals surface area contributed by atoms with Crippen molar-refractivity contribution in [2.75, 3.05) is 6.61 Å². The lowest BCUT2D eigenvalue weighted by molar-refractivity contribution is -0.139. The van der Waals surface area contributed by atoms with Gasteiger partial charge >= 0.3 is 5.97 Å². The number of sulfonamides is 1. The average molecular weight is 279 g/mol. The Labute approximate surface area is 103 Å². The lowest BCUT2D eigenvalue weighted by Gasteiger charge is -2.11. The van der Waals surface area contributed by atoms with Crippen LogP contribution in [0.2, 0.25) is 0 Å². The van der Waals surface area contributed by atoms with Crippen LogP contribution in [0.1, 0.15) is 9.75 Å². The first-order chi connectivity index (χ1) is 7.77. The lowest BCUT2D eigenvalue weighted by Crippen LogP contribution is -2.43. The van der Waals surface area contributed by atoms with Crippen molar-refractivity contribution in [3.8, 4) is 0 Å². The second kappa shape index (κ2) is 5.13. The summed E-state index contributed by atoms with van der Waals surface area (Å²) in [5.74, 6) is -1.42. The fourth-order valence-electron chi connectivity index (χ4n) is 1.29. The molecule has 1 atom stereocenters. The van der Waals surface area contributed by atoms with Crippen LogP contribution in [-0.2, 0) is 14.8 Å². The first-order valence-electron chi connectivity index (χ1n) is 4.71. The van der Waals surface area contributed by atoms with Crippen LogP contribution >= 0.6 is 11.3 Å². The minimum atomic E-state index is -3.91. The number of aryl methyl sites for hydroxylation is 2. The predicted octanol–water partition coefficient (Wildman–Crippen LogP) is 0.0887. The van der Waals surface area contributed by atoms with E-state index in [0.29, 0.717) is 4.88 Å². The molecule has 3 N–H and O–H groups in total. The summed E-state index contributed by atoms with van der Waals surface area (Å²) in [4.78, 5) is 12.1. The average Bonchev–Trinajstić information content (AvgIpc) is 2.54. The third kappa shape index (κ3) is 3.25. The van der Waals surface area contributed by atoms with Crippen LogP contribution < -0.4 is 4.72 Å². The molecule has 0 aliphatic heterocycles. The summed E-state index contributed by atoms with van der Waals surface area (Å²) in [5, 5.41) is 17.4. The van der Waals surface area contributed by atoms with Crippen molar-refractivity contribution >= 4 is 27.3 Å². The highest BCUT2D eigenvalue weighted by Gasteiger charge is 2.26. The van der Waals surface area contributed by atoms with Gasteiger partial charge in [-0.1, -0.05) is 0 Å². The summed E-state index contributed by atoms with van der Waals surface area (Å²) >= 11 is 1.31. The highest BCUT2D eigenvalue weighted by Crippen LogP contribution is 2.24. The maximum absolute atomic E-state index is 11.9. The zero-order valence-corrected chi connectivity index (χ0v) is 10.9. The van der Waals surface area contributed by atoms with Gasteiger partial charge in [-0.25, -0.2) is 8.42 Å². The Morgan fingerprint density at radius 2 is 2.12 bits per heavy atom. The fraction of sp³-hybridized carbons (Fsp3) is 0.444. The van der Waals surface area contributed by atoms with Crippen molar-refractivity contribution in [1.29, 1.82) is 0 Å². The number of carboxylic acids is 1. The summed E-state index contributed by atoms with van der Waals surface area (Å²) in [5.41, 5.74) is 0. The Morgan fingerprint density at radius 3 is 2.47 bits per heavy atom. The van der Waals surface area contributed by atoms with Crippen LogP contribution in [0.15, 0.2) is 11.0 Å². The number of carbonyl (C=O) groups is 1. The molecule has 1 rings (SSSR count). The Bertz CT molecular complexity index is 519. The van der Waals surface area contributed by atoms with Crippen LogP contribution in [0.3, 0.4) is 0 Å². The molecule has 96 valence electrons. The van der Waals surface area contributed by atoms with Gasteiger partial charge in [-0.15, -0.1) is 11.3 Å². The van der Waals surface area contributed by atoms with Gasteiger partial charge in [0.25, 0.3) is 0 Å². The Balaban J connectivity index is 3.04. The van der Waals surface area contributed by atoms with E-state index in [-0.39, 0.29) is 4.90 Å². The highest BCUT2D eigenvalue weighted by atomic mass is 32.2. The molecule has 1 heterocycles. The van der Waals surface area contributed by atoms with E-state index in [9.17, 15) is 13.2 Å². The minimum absolute atomic E-state index is 0.0553. The predicted molar refractivity (Wildman–Crippen MR) is 62.6 cm³/mol. The van der Waals surface area contributed by atoms with Gasteiger partial charge in [-0.05, 0) is 19.9 Å². The molecule has 1 aromatic rings. The van der Waals surface area contributed by atoms with Gasteiger partial charge in [-0.2, -0.15) is 4.72 Å². The molecule has 0 amide bonds. The topological polar surface area (TPSA) is 104 Å². The molecule has 17 heavy (non-hydrogen) atoms. The van der Waals surface area contributed by atoms with Crippen molar-refractivity contribution in [2.45, 2.75) is 24.8 Å². The van der Waals surface area contributed by atoms with Gasteiger partial charge in [0.2, 0.25) is 10.0 Å². The van der Waals surface area contributed by atoms with Crippen molar-refractivity contribution in [3.63, 3.8) is 0 Å². The van der Waals surface area contributed by atoms with Crippen LogP contribution in [0.25, 0.3) is 0 Å². The SMILES string of the molecule is Cc1cc(S(=O)(=O)N[C@@H](CO)C(=O)O)c(C)s1. The van der Waals surface area contributed by atoms with E-state index >= 15 is 0 Å². The van der Waals surface area contributed by atoms with E-state index in [2.05, 4.69) is 0 Å². The number of carboxylic acid groups (broad SMARTS) is 1. The van der Waals surface area contributed by atoms with E-state index in [0.717, 1.165) is 4.88 Å². The quantitative estimate of drug-likeness (QED) is 0.708. The van der Waals surface area contributed by atoms with E-state index < -0.39 is 28.6 Å². The fourth-order valence-corrected chi connectivity index (χ4v) is 4.03. The lowest BCUT2D eigenvalue weighted by atomic mass is 10.3. The molecule has 0 bridgehead atoms. The normalized spacial score (nSPS) is 13.6. The second-order valence-electron chi connectivity index (χ2n) is 3.47. The maximum atomic E-state index is 11.9. The number of nitrogens with one attached hydrogen (secondary N) is 1. The molecule has 0 radical (unpaired) electrons. The minimum Gasteiger partial charge on any atom is -0.480 e. The zero-order chi connectivity index (χ0) is 13.2. The number of aliphatic carboxylic acids is 1. The van der Waals surface area contributed by atoms with Gasteiger partial charge < -0.3 is 10.2 Å². The molecule has 0 unspecified atom stereocenters. The van der Waals surface area contributed by atoms with Crippen molar-refractivity contribution in [1.82, 2.24) is 4.72 Å². The van der Waals surface area contributed by atoms with Crippen LogP contribution in [0, 0.1) is 13.8 Å². The molecule has 0 spiro atoms. The summed E-state index contributed by atoms with van der Waals surface area (Å²) < 4.78 is 25.7. The summed E-state index contributed by atoms with van der Waals surface area (Å²) in [7, 11) is -3.91. The molecule has 0 saturated carbocycles. The van der Waals surface area contributed by atoms with Crippen molar-refractivity contribution < 1.29 is 23.4 Å². The molecule has 0 fully saturated rings. The highest BCUT2D eigenvalue weighted by molar-refractivity contribution is 7.89. The van der Waals surface area contributed by atoms with Crippen LogP contribution in [0.5, 0.6) is 0 Å². The van der Waals surface area contributed by atoms with Crippen LogP contribution in [-0.4, -0.2) is 37.2 Å². The summed E-state index contributed by atoms with van der Waals surface area (Å²) in [6, 6.07) is -0.0573. The van der Waals surface area contributed by atoms with Crippen LogP contribution in [0.4, 0.5) is 0 Å². The molecule has 6 nitrogen and oxygen atoms in total. The van der Waals surface area contributed by atoms with E-state index in [1.54, 1.807) is 13.8 Å². The molecule has 0 aliphatic carbocycles. The van der Waals surface area contributed by atoms with E-state index in [4.69, 9.17) is 10.2 Å². The number of thiophene rings is 1. The molecular weight excluding hydrogens is 266 g/mol. The number of hydrogen-bond donors (Lipinski definition) is 3. The van der Waals surface area contributed by atoms with Gasteiger partial charge in [0.1, 0.15) is 6.04 Å². The first-order valence-corrected chi connectivity index (χ1v) is 7.01. The molecule has 0 aromatic carbocycles. The third-order valence-electron chi connectivity index (χ3n) is 2.06. The molecule has 8 heteroatoms. The second-order valence-corrected chi connectivity index (χ2v) is 6.62. The smallest absolute Gasteiger partial charge is 0.324 e. The maximum Gasteiger partial charge on any atom is 0.324 e. The van der Waals surface area contributed by atoms with Crippen molar-refractivity contribution in [2.24, 2.45) is 0 Å². The summed E-state index contributed by atoms with van der Waals surface area (Å²) in [6.07, 6.45) is 0. The van der Waals surface area contributed by atoms with Gasteiger partial charge in [0.15, 0.2) is 0 Å². The monoisotopic (exact) mass is 279 g/mol. The molecule has 0 saturated heterocycles. The number of hydrogen-bond acceptors (Lipinski definition) is 5. The number of aliphatic hydroxyl groups is 1. The standard InChI is InChI=1S/C9H13NO5S2/c1-5-3-8(6(2)16-5)17(14,15)10-7(4-11)9(12)13/h3,7,10-11H,4H2,1-2H3,(H,12,13)/t7-/m0/s1. The largest absolute Gasteiger partial charge is 0.480 e. The van der Waals surface area contributed by atoms with E-state index in [1.807, 2.05) is 4.72 Å². The van der Waals surface area contributed by atoms with Gasteiger partial charge in [-0.3, -0.25) is 4.79 Å². The first kappa shape index (κ1) is 14.1. The Morgan fingerprint density at radius 1 is 1.53 bits per heavy atom. The van der Waals surface area contributed by atoms with E-state index in [1.165, 1.54) is 17.4 Å². The van der Waals surface area contributed by atoms with Gasteiger partial charge in [0, 0.05) is 9.75 Å². The number of aliphatic hydroxyl groups excluding tert-OH is 1. The number of rotatable bonds is 5. The molecule has 0 aliphatic rings. The van der Waals surface area contributed by atoms with Gasteiger partial charge in [0.05, 0.1) is 11.5 Å². The zero-order valence-electron chi connectivity index (χ0n) is 9.30. The molecular formula is C9H13NO5S2. The molecule has 1 aromatic heterocycles. The summed E-state index contributed by atoms with van der Waals surface area (Å²) in [6.45, 7) is 2.61. The Kier molecular flexibility index (Phi) is 4.26. The Hall–Kier alpha value is -0.960.